The maximum absolute atomic E-state index is 3.38. The van der Waals surface area contributed by atoms with Gasteiger partial charge in [-0.1, -0.05) is 31.1 Å². The van der Waals surface area contributed by atoms with Crippen LogP contribution in [0.4, 0.5) is 5.69 Å². The summed E-state index contributed by atoms with van der Waals surface area (Å²) in [5.41, 5.74) is 6.49. The quantitative estimate of drug-likeness (QED) is 0.622. The molecule has 1 nitrogen and oxygen atoms in total. The van der Waals surface area contributed by atoms with E-state index in [1.807, 2.05) is 14.0 Å². The van der Waals surface area contributed by atoms with Crippen molar-refractivity contribution in [1.82, 2.24) is 0 Å². The molecule has 0 aliphatic rings. The summed E-state index contributed by atoms with van der Waals surface area (Å²) >= 11 is 0. The van der Waals surface area contributed by atoms with E-state index in [9.17, 15) is 0 Å². The molecule has 1 rings (SSSR count). The Hall–Kier alpha value is -0.990. The first-order chi connectivity index (χ1) is 7.60. The van der Waals surface area contributed by atoms with Crippen LogP contribution in [0.15, 0.2) is 18.2 Å². The molecule has 0 heterocycles. The monoisotopic (exact) mass is 233 g/mol. The summed E-state index contributed by atoms with van der Waals surface area (Å²) in [5, 5.41) is 4.64. The lowest BCUT2D eigenvalue weighted by atomic mass is 10.2. The van der Waals surface area contributed by atoms with Gasteiger partial charge in [0.2, 0.25) is 0 Å². The van der Waals surface area contributed by atoms with Gasteiger partial charge in [0.05, 0.1) is 0 Å². The summed E-state index contributed by atoms with van der Waals surface area (Å²) in [7, 11) is 1.59. The Morgan fingerprint density at radius 2 is 2.00 bits per heavy atom. The molecular formula is C14H20NP. The van der Waals surface area contributed by atoms with Gasteiger partial charge >= 0.3 is 0 Å². The molecule has 0 fully saturated rings. The first kappa shape index (κ1) is 13.1. The molecule has 1 unspecified atom stereocenters. The Morgan fingerprint density at radius 3 is 2.50 bits per heavy atom. The molecule has 0 saturated heterocycles. The van der Waals surface area contributed by atoms with Crippen molar-refractivity contribution in [1.29, 1.82) is 0 Å². The third kappa shape index (κ3) is 3.00. The van der Waals surface area contributed by atoms with Gasteiger partial charge in [-0.3, -0.25) is 0 Å². The molecule has 2 heteroatoms. The highest BCUT2D eigenvalue weighted by Crippen LogP contribution is 2.41. The van der Waals surface area contributed by atoms with Crippen molar-refractivity contribution in [2.45, 2.75) is 33.4 Å². The molecule has 1 aromatic carbocycles. The van der Waals surface area contributed by atoms with Crippen LogP contribution in [0.2, 0.25) is 0 Å². The standard InChI is InChI=1S/C14H20NP/c1-6-9-16(11(2)3)14-10-12(4)7-8-13(14)15-5/h7-8,10-11,15H,1-5H3. The largest absolute Gasteiger partial charge is 0.388 e. The van der Waals surface area contributed by atoms with Crippen molar-refractivity contribution in [3.05, 3.63) is 23.8 Å². The average molecular weight is 233 g/mol. The van der Waals surface area contributed by atoms with E-state index in [0.717, 1.165) is 0 Å². The molecule has 1 N–H and O–H groups in total. The first-order valence-electron chi connectivity index (χ1n) is 5.60. The van der Waals surface area contributed by atoms with Gasteiger partial charge in [0, 0.05) is 26.0 Å². The molecule has 0 aliphatic carbocycles. The predicted molar refractivity (Wildman–Crippen MR) is 75.9 cm³/mol. The molecule has 1 atom stereocenters. The minimum absolute atomic E-state index is 0.381. The SMILES string of the molecule is CC#CP(c1cc(C)ccc1NC)C(C)C. The van der Waals surface area contributed by atoms with Crippen molar-refractivity contribution < 1.29 is 0 Å². The second-order valence-electron chi connectivity index (χ2n) is 4.10. The predicted octanol–water partition coefficient (Wildman–Crippen LogP) is 3.53. The van der Waals surface area contributed by atoms with E-state index in [1.165, 1.54) is 16.6 Å². The summed E-state index contributed by atoms with van der Waals surface area (Å²) in [6, 6.07) is 6.56. The zero-order chi connectivity index (χ0) is 12.1. The third-order valence-electron chi connectivity index (χ3n) is 2.43. The van der Waals surface area contributed by atoms with E-state index in [1.54, 1.807) is 0 Å². The Kier molecular flexibility index (Phi) is 4.84. The molecule has 0 bridgehead atoms. The van der Waals surface area contributed by atoms with Gasteiger partial charge in [-0.25, -0.2) is 0 Å². The minimum atomic E-state index is -0.381. The first-order valence-corrected chi connectivity index (χ1v) is 7.01. The average Bonchev–Trinajstić information content (AvgIpc) is 2.25. The Balaban J connectivity index is 3.24. The van der Waals surface area contributed by atoms with Gasteiger partial charge in [0.15, 0.2) is 0 Å². The van der Waals surface area contributed by atoms with Crippen LogP contribution in [0, 0.1) is 18.5 Å². The number of rotatable bonds is 3. The number of aryl methyl sites for hydroxylation is 1. The molecule has 0 radical (unpaired) electrons. The van der Waals surface area contributed by atoms with Gasteiger partial charge < -0.3 is 5.32 Å². The van der Waals surface area contributed by atoms with Gasteiger partial charge in [0.1, 0.15) is 0 Å². The minimum Gasteiger partial charge on any atom is -0.388 e. The van der Waals surface area contributed by atoms with Crippen molar-refractivity contribution in [2.75, 3.05) is 12.4 Å². The Bertz CT molecular complexity index is 412. The fourth-order valence-electron chi connectivity index (χ4n) is 1.64. The molecule has 0 spiro atoms. The van der Waals surface area contributed by atoms with Crippen LogP contribution in [0.25, 0.3) is 0 Å². The Labute approximate surface area is 100 Å². The molecule has 1 aromatic rings. The van der Waals surface area contributed by atoms with E-state index in [4.69, 9.17) is 0 Å². The van der Waals surface area contributed by atoms with Crippen LogP contribution in [0.3, 0.4) is 0 Å². The Morgan fingerprint density at radius 1 is 1.31 bits per heavy atom. The number of benzene rings is 1. The van der Waals surface area contributed by atoms with Crippen LogP contribution < -0.4 is 10.6 Å². The van der Waals surface area contributed by atoms with Crippen LogP contribution >= 0.6 is 7.92 Å². The molecule has 16 heavy (non-hydrogen) atoms. The van der Waals surface area contributed by atoms with Crippen molar-refractivity contribution in [2.24, 2.45) is 0 Å². The summed E-state index contributed by atoms with van der Waals surface area (Å²) in [4.78, 5) is 0. The van der Waals surface area contributed by atoms with E-state index < -0.39 is 0 Å². The maximum atomic E-state index is 3.38. The summed E-state index contributed by atoms with van der Waals surface area (Å²) < 4.78 is 0. The van der Waals surface area contributed by atoms with Gasteiger partial charge in [-0.15, -0.1) is 5.92 Å². The summed E-state index contributed by atoms with van der Waals surface area (Å²) in [5.74, 6) is 3.07. The number of hydrogen-bond donors (Lipinski definition) is 1. The maximum Gasteiger partial charge on any atom is 0.0425 e. The van der Waals surface area contributed by atoms with Crippen LogP contribution in [0.1, 0.15) is 26.3 Å². The topological polar surface area (TPSA) is 12.0 Å². The second kappa shape index (κ2) is 5.92. The number of anilines is 1. The second-order valence-corrected chi connectivity index (χ2v) is 6.57. The van der Waals surface area contributed by atoms with E-state index in [-0.39, 0.29) is 7.92 Å². The summed E-state index contributed by atoms with van der Waals surface area (Å²) in [6.07, 6.45) is 0. The van der Waals surface area contributed by atoms with Gasteiger partial charge in [-0.05, 0) is 31.6 Å². The molecule has 0 saturated carbocycles. The lowest BCUT2D eigenvalue weighted by Gasteiger charge is -2.19. The third-order valence-corrected chi connectivity index (χ3v) is 4.82. The number of hydrogen-bond acceptors (Lipinski definition) is 1. The molecular weight excluding hydrogens is 213 g/mol. The van der Waals surface area contributed by atoms with Crippen molar-refractivity contribution in [3.8, 4) is 11.6 Å². The zero-order valence-corrected chi connectivity index (χ0v) is 11.7. The lowest BCUT2D eigenvalue weighted by Crippen LogP contribution is -2.12. The van der Waals surface area contributed by atoms with Crippen LogP contribution in [0.5, 0.6) is 0 Å². The van der Waals surface area contributed by atoms with Crippen molar-refractivity contribution in [3.63, 3.8) is 0 Å². The zero-order valence-electron chi connectivity index (χ0n) is 10.8. The number of nitrogens with one attached hydrogen (secondary N) is 1. The van der Waals surface area contributed by atoms with Gasteiger partial charge in [0.25, 0.3) is 0 Å². The van der Waals surface area contributed by atoms with E-state index in [2.05, 4.69) is 55.9 Å². The highest BCUT2D eigenvalue weighted by molar-refractivity contribution is 7.71. The summed E-state index contributed by atoms with van der Waals surface area (Å²) in [6.45, 7) is 8.55. The van der Waals surface area contributed by atoms with Crippen LogP contribution in [-0.4, -0.2) is 12.7 Å². The molecule has 86 valence electrons. The fourth-order valence-corrected chi connectivity index (χ4v) is 3.60. The smallest absolute Gasteiger partial charge is 0.0425 e. The van der Waals surface area contributed by atoms with E-state index >= 15 is 0 Å². The van der Waals surface area contributed by atoms with Crippen LogP contribution in [-0.2, 0) is 0 Å². The highest BCUT2D eigenvalue weighted by Gasteiger charge is 2.16. The van der Waals surface area contributed by atoms with E-state index in [0.29, 0.717) is 5.66 Å². The molecule has 0 aliphatic heterocycles. The highest BCUT2D eigenvalue weighted by atomic mass is 31.1. The lowest BCUT2D eigenvalue weighted by molar-refractivity contribution is 1.10. The van der Waals surface area contributed by atoms with Crippen molar-refractivity contribution >= 4 is 18.9 Å². The van der Waals surface area contributed by atoms with Gasteiger partial charge in [-0.2, -0.15) is 0 Å². The normalized spacial score (nSPS) is 11.9. The molecule has 0 amide bonds. The molecule has 0 aromatic heterocycles. The fraction of sp³-hybridized carbons (Fsp3) is 0.429.